The Morgan fingerprint density at radius 2 is 2.12 bits per heavy atom. The second kappa shape index (κ2) is 5.60. The lowest BCUT2D eigenvalue weighted by Gasteiger charge is -2.20. The van der Waals surface area contributed by atoms with Crippen molar-refractivity contribution in [2.75, 3.05) is 5.32 Å². The Morgan fingerprint density at radius 1 is 1.44 bits per heavy atom. The van der Waals surface area contributed by atoms with Crippen molar-refractivity contribution in [3.63, 3.8) is 0 Å². The molecular weight excluding hydrogens is 226 g/mol. The van der Waals surface area contributed by atoms with E-state index in [0.29, 0.717) is 5.00 Å². The van der Waals surface area contributed by atoms with E-state index < -0.39 is 6.04 Å². The smallest absolute Gasteiger partial charge is 0.247 e. The van der Waals surface area contributed by atoms with Crippen LogP contribution in [-0.2, 0) is 9.59 Å². The van der Waals surface area contributed by atoms with Crippen LogP contribution in [0.5, 0.6) is 0 Å². The van der Waals surface area contributed by atoms with Crippen molar-refractivity contribution < 1.29 is 9.59 Å². The molecule has 0 spiro atoms. The number of nitrogens with one attached hydrogen (secondary N) is 2. The highest BCUT2D eigenvalue weighted by Gasteiger charge is 2.23. The number of rotatable bonds is 4. The first-order valence-corrected chi connectivity index (χ1v) is 5.76. The molecule has 0 aliphatic heterocycles. The van der Waals surface area contributed by atoms with Crippen LogP contribution in [0.15, 0.2) is 12.3 Å². The van der Waals surface area contributed by atoms with E-state index in [4.69, 9.17) is 0 Å². The lowest BCUT2D eigenvalue weighted by atomic mass is 10.0. The summed E-state index contributed by atoms with van der Waals surface area (Å²) < 4.78 is 3.88. The van der Waals surface area contributed by atoms with Gasteiger partial charge >= 0.3 is 0 Å². The first-order valence-electron chi connectivity index (χ1n) is 4.99. The highest BCUT2D eigenvalue weighted by molar-refractivity contribution is 7.10. The van der Waals surface area contributed by atoms with E-state index in [2.05, 4.69) is 15.0 Å². The molecule has 0 aliphatic rings. The Balaban J connectivity index is 2.64. The maximum atomic E-state index is 11.8. The standard InChI is InChI=1S/C10H15N3O2S/c1-6(2)9(12-7(3)14)10(15)13-8-4-5-11-16-8/h4-6,9H,1-3H3,(H,12,14)(H,13,15)/t9-/m1/s1. The number of hydrogen-bond acceptors (Lipinski definition) is 4. The maximum Gasteiger partial charge on any atom is 0.247 e. The molecular formula is C10H15N3O2S. The number of aromatic nitrogens is 1. The fraction of sp³-hybridized carbons (Fsp3) is 0.500. The first-order chi connectivity index (χ1) is 7.50. The van der Waals surface area contributed by atoms with Gasteiger partial charge < -0.3 is 10.6 Å². The minimum Gasteiger partial charge on any atom is -0.344 e. The predicted molar refractivity (Wildman–Crippen MR) is 63.2 cm³/mol. The molecule has 1 rings (SSSR count). The molecule has 2 N–H and O–H groups in total. The van der Waals surface area contributed by atoms with Crippen LogP contribution in [0.3, 0.4) is 0 Å². The minimum absolute atomic E-state index is 0.0387. The van der Waals surface area contributed by atoms with Gasteiger partial charge in [-0.05, 0) is 23.5 Å². The van der Waals surface area contributed by atoms with E-state index in [0.717, 1.165) is 0 Å². The highest BCUT2D eigenvalue weighted by Crippen LogP contribution is 2.13. The van der Waals surface area contributed by atoms with Crippen LogP contribution in [0.4, 0.5) is 5.00 Å². The third-order valence-corrected chi connectivity index (χ3v) is 2.65. The molecule has 88 valence electrons. The Morgan fingerprint density at radius 3 is 2.56 bits per heavy atom. The summed E-state index contributed by atoms with van der Waals surface area (Å²) in [6.07, 6.45) is 1.61. The van der Waals surface area contributed by atoms with Gasteiger partial charge in [-0.3, -0.25) is 9.59 Å². The third-order valence-electron chi connectivity index (χ3n) is 1.99. The van der Waals surface area contributed by atoms with E-state index >= 15 is 0 Å². The first kappa shape index (κ1) is 12.6. The quantitative estimate of drug-likeness (QED) is 0.833. The predicted octanol–water partition coefficient (Wildman–Crippen LogP) is 1.24. The molecule has 0 fully saturated rings. The van der Waals surface area contributed by atoms with Gasteiger partial charge in [-0.2, -0.15) is 4.37 Å². The largest absolute Gasteiger partial charge is 0.344 e. The molecule has 16 heavy (non-hydrogen) atoms. The minimum atomic E-state index is -0.514. The monoisotopic (exact) mass is 241 g/mol. The zero-order chi connectivity index (χ0) is 12.1. The van der Waals surface area contributed by atoms with Crippen LogP contribution in [0, 0.1) is 5.92 Å². The van der Waals surface area contributed by atoms with Crippen LogP contribution in [-0.4, -0.2) is 22.2 Å². The third kappa shape index (κ3) is 3.62. The zero-order valence-corrected chi connectivity index (χ0v) is 10.3. The van der Waals surface area contributed by atoms with Gasteiger partial charge in [0.05, 0.1) is 0 Å². The van der Waals surface area contributed by atoms with E-state index in [1.807, 2.05) is 13.8 Å². The average molecular weight is 241 g/mol. The molecule has 1 aromatic rings. The lowest BCUT2D eigenvalue weighted by molar-refractivity contribution is -0.126. The Bertz CT molecular complexity index is 362. The number of hydrogen-bond donors (Lipinski definition) is 2. The van der Waals surface area contributed by atoms with E-state index in [1.165, 1.54) is 18.5 Å². The molecule has 5 nitrogen and oxygen atoms in total. The molecule has 0 saturated heterocycles. The van der Waals surface area contributed by atoms with Gasteiger partial charge in [0.1, 0.15) is 11.0 Å². The summed E-state index contributed by atoms with van der Waals surface area (Å²) in [4.78, 5) is 22.8. The number of carbonyl (C=O) groups is 2. The highest BCUT2D eigenvalue weighted by atomic mass is 32.1. The maximum absolute atomic E-state index is 11.8. The molecule has 0 aromatic carbocycles. The number of carbonyl (C=O) groups excluding carboxylic acids is 2. The van der Waals surface area contributed by atoms with Crippen molar-refractivity contribution in [3.8, 4) is 0 Å². The van der Waals surface area contributed by atoms with E-state index in [1.54, 1.807) is 12.3 Å². The fourth-order valence-corrected chi connectivity index (χ4v) is 1.74. The van der Waals surface area contributed by atoms with Crippen LogP contribution >= 0.6 is 11.5 Å². The molecule has 0 saturated carbocycles. The van der Waals surface area contributed by atoms with Crippen molar-refractivity contribution in [2.24, 2.45) is 5.92 Å². The Hall–Kier alpha value is -1.43. The lowest BCUT2D eigenvalue weighted by Crippen LogP contribution is -2.46. The molecule has 0 unspecified atom stereocenters. The topological polar surface area (TPSA) is 71.1 Å². The van der Waals surface area contributed by atoms with Crippen LogP contribution in [0.2, 0.25) is 0 Å². The second-order valence-corrected chi connectivity index (χ2v) is 4.62. The summed E-state index contributed by atoms with van der Waals surface area (Å²) in [6.45, 7) is 5.16. The van der Waals surface area contributed by atoms with Crippen molar-refractivity contribution >= 4 is 28.3 Å². The van der Waals surface area contributed by atoms with Gasteiger partial charge in [-0.15, -0.1) is 0 Å². The van der Waals surface area contributed by atoms with Crippen LogP contribution < -0.4 is 10.6 Å². The fourth-order valence-electron chi connectivity index (χ4n) is 1.23. The van der Waals surface area contributed by atoms with Gasteiger partial charge in [0.15, 0.2) is 0 Å². The summed E-state index contributed by atoms with van der Waals surface area (Å²) in [6, 6.07) is 1.20. The normalized spacial score (nSPS) is 12.2. The number of nitrogens with zero attached hydrogens (tertiary/aromatic N) is 1. The molecule has 0 radical (unpaired) electrons. The van der Waals surface area contributed by atoms with Crippen LogP contribution in [0.25, 0.3) is 0 Å². The summed E-state index contributed by atoms with van der Waals surface area (Å²) in [5.74, 6) is -0.385. The summed E-state index contributed by atoms with van der Waals surface area (Å²) in [5.41, 5.74) is 0. The van der Waals surface area contributed by atoms with Gasteiger partial charge in [-0.1, -0.05) is 13.8 Å². The van der Waals surface area contributed by atoms with Gasteiger partial charge in [0.25, 0.3) is 0 Å². The molecule has 6 heteroatoms. The van der Waals surface area contributed by atoms with E-state index in [-0.39, 0.29) is 17.7 Å². The summed E-state index contributed by atoms with van der Waals surface area (Å²) in [7, 11) is 0. The van der Waals surface area contributed by atoms with Crippen LogP contribution in [0.1, 0.15) is 20.8 Å². The summed E-state index contributed by atoms with van der Waals surface area (Å²) >= 11 is 1.20. The summed E-state index contributed by atoms with van der Waals surface area (Å²) in [5, 5.41) is 6.02. The molecule has 2 amide bonds. The molecule has 1 heterocycles. The molecule has 1 atom stereocenters. The van der Waals surface area contributed by atoms with Crippen molar-refractivity contribution in [2.45, 2.75) is 26.8 Å². The van der Waals surface area contributed by atoms with Gasteiger partial charge in [0.2, 0.25) is 11.8 Å². The SMILES string of the molecule is CC(=O)N[C@@H](C(=O)Nc1ccns1)C(C)C. The molecule has 0 aliphatic carbocycles. The zero-order valence-electron chi connectivity index (χ0n) is 9.48. The Kier molecular flexibility index (Phi) is 4.42. The van der Waals surface area contributed by atoms with Gasteiger partial charge in [-0.25, -0.2) is 0 Å². The van der Waals surface area contributed by atoms with E-state index in [9.17, 15) is 9.59 Å². The van der Waals surface area contributed by atoms with Crippen molar-refractivity contribution in [1.82, 2.24) is 9.69 Å². The van der Waals surface area contributed by atoms with Crippen molar-refractivity contribution in [1.29, 1.82) is 0 Å². The molecule has 1 aromatic heterocycles. The van der Waals surface area contributed by atoms with Gasteiger partial charge in [0, 0.05) is 13.1 Å². The Labute approximate surface area is 98.4 Å². The second-order valence-electron chi connectivity index (χ2n) is 3.79. The van der Waals surface area contributed by atoms with Crippen molar-refractivity contribution in [3.05, 3.63) is 12.3 Å². The number of amides is 2. The number of anilines is 1. The molecule has 0 bridgehead atoms. The average Bonchev–Trinajstić information content (AvgIpc) is 2.65.